The molecule has 0 aliphatic carbocycles. The molecule has 1 atom stereocenters. The van der Waals surface area contributed by atoms with E-state index in [1.165, 1.54) is 0 Å². The lowest BCUT2D eigenvalue weighted by atomic mass is 9.90. The highest BCUT2D eigenvalue weighted by Gasteiger charge is 2.30. The average Bonchev–Trinajstić information content (AvgIpc) is 2.71. The van der Waals surface area contributed by atoms with E-state index in [1.807, 2.05) is 44.2 Å². The first-order chi connectivity index (χ1) is 13.3. The van der Waals surface area contributed by atoms with Crippen LogP contribution in [0.2, 0.25) is 0 Å². The first kappa shape index (κ1) is 21.0. The Balaban J connectivity index is 1.84. The van der Waals surface area contributed by atoms with Crippen molar-refractivity contribution in [2.45, 2.75) is 32.9 Å². The van der Waals surface area contributed by atoms with Crippen LogP contribution in [-0.2, 0) is 16.1 Å². The molecule has 0 saturated heterocycles. The van der Waals surface area contributed by atoms with Gasteiger partial charge in [-0.25, -0.2) is 4.79 Å². The van der Waals surface area contributed by atoms with Gasteiger partial charge in [0.15, 0.2) is 6.61 Å². The zero-order valence-electron chi connectivity index (χ0n) is 16.3. The lowest BCUT2D eigenvalue weighted by molar-refractivity contribution is -0.125. The molecule has 0 bridgehead atoms. The van der Waals surface area contributed by atoms with Crippen LogP contribution in [0.1, 0.15) is 36.7 Å². The van der Waals surface area contributed by atoms with Crippen molar-refractivity contribution in [1.82, 2.24) is 5.32 Å². The fourth-order valence-corrected chi connectivity index (χ4v) is 2.27. The van der Waals surface area contributed by atoms with Crippen LogP contribution in [0, 0.1) is 17.2 Å². The summed E-state index contributed by atoms with van der Waals surface area (Å²) >= 11 is 0. The van der Waals surface area contributed by atoms with Crippen molar-refractivity contribution in [3.63, 3.8) is 0 Å². The minimum absolute atomic E-state index is 0.0828. The molecule has 0 aliphatic heterocycles. The van der Waals surface area contributed by atoms with E-state index in [9.17, 15) is 14.9 Å². The average molecular weight is 380 g/mol. The third-order valence-electron chi connectivity index (χ3n) is 4.46. The number of amides is 1. The molecular weight excluding hydrogens is 356 g/mol. The Morgan fingerprint density at radius 3 is 2.32 bits per heavy atom. The molecule has 0 fully saturated rings. The Labute approximate surface area is 165 Å². The predicted molar refractivity (Wildman–Crippen MR) is 104 cm³/mol. The summed E-state index contributed by atoms with van der Waals surface area (Å²) in [6.07, 6.45) is 0. The summed E-state index contributed by atoms with van der Waals surface area (Å²) in [4.78, 5) is 24.1. The van der Waals surface area contributed by atoms with Crippen molar-refractivity contribution in [1.29, 1.82) is 5.26 Å². The molecule has 0 saturated carbocycles. The molecule has 0 radical (unpaired) electrons. The van der Waals surface area contributed by atoms with Gasteiger partial charge in [-0.05, 0) is 42.7 Å². The van der Waals surface area contributed by atoms with E-state index in [0.29, 0.717) is 17.9 Å². The Kier molecular flexibility index (Phi) is 7.16. The minimum Gasteiger partial charge on any atom is -0.489 e. The molecule has 0 aliphatic rings. The zero-order chi connectivity index (χ0) is 20.6. The van der Waals surface area contributed by atoms with Crippen LogP contribution in [0.3, 0.4) is 0 Å². The minimum atomic E-state index is -1.01. The second kappa shape index (κ2) is 9.56. The third-order valence-corrected chi connectivity index (χ3v) is 4.46. The molecule has 0 heterocycles. The van der Waals surface area contributed by atoms with Crippen molar-refractivity contribution in [3.8, 4) is 11.8 Å². The number of nitriles is 1. The van der Waals surface area contributed by atoms with Crippen LogP contribution in [0.25, 0.3) is 0 Å². The largest absolute Gasteiger partial charge is 0.489 e. The van der Waals surface area contributed by atoms with E-state index in [0.717, 1.165) is 5.56 Å². The van der Waals surface area contributed by atoms with Crippen molar-refractivity contribution < 1.29 is 19.1 Å². The summed E-state index contributed by atoms with van der Waals surface area (Å²) in [5, 5.41) is 11.8. The molecule has 2 rings (SSSR count). The van der Waals surface area contributed by atoms with Crippen LogP contribution in [0.5, 0.6) is 5.75 Å². The number of carbonyl (C=O) groups is 2. The summed E-state index contributed by atoms with van der Waals surface area (Å²) in [6.45, 7) is 5.27. The second-order valence-corrected chi connectivity index (χ2v) is 6.89. The highest BCUT2D eigenvalue weighted by Crippen LogP contribution is 2.16. The summed E-state index contributed by atoms with van der Waals surface area (Å²) < 4.78 is 10.7. The van der Waals surface area contributed by atoms with Crippen LogP contribution in [0.15, 0.2) is 54.6 Å². The number of carbonyl (C=O) groups excluding carboxylic acids is 2. The van der Waals surface area contributed by atoms with Gasteiger partial charge in [-0.2, -0.15) is 5.26 Å². The molecule has 2 aromatic carbocycles. The van der Waals surface area contributed by atoms with Crippen LogP contribution < -0.4 is 10.1 Å². The maximum absolute atomic E-state index is 12.1. The van der Waals surface area contributed by atoms with Gasteiger partial charge in [-0.3, -0.25) is 4.79 Å². The summed E-state index contributed by atoms with van der Waals surface area (Å²) in [5.74, 6) is -0.595. The van der Waals surface area contributed by atoms with Gasteiger partial charge in [0.1, 0.15) is 17.9 Å². The molecule has 6 heteroatoms. The molecule has 2 aromatic rings. The van der Waals surface area contributed by atoms with E-state index < -0.39 is 24.0 Å². The molecule has 1 amide bonds. The first-order valence-electron chi connectivity index (χ1n) is 9.00. The smallest absolute Gasteiger partial charge is 0.338 e. The van der Waals surface area contributed by atoms with E-state index >= 15 is 0 Å². The Morgan fingerprint density at radius 2 is 1.75 bits per heavy atom. The maximum atomic E-state index is 12.1. The number of nitrogens with zero attached hydrogens (tertiary/aromatic N) is 1. The number of hydrogen-bond donors (Lipinski definition) is 1. The number of rotatable bonds is 8. The Hall–Kier alpha value is -3.33. The fraction of sp³-hybridized carbons (Fsp3) is 0.318. The molecule has 0 unspecified atom stereocenters. The molecule has 146 valence electrons. The van der Waals surface area contributed by atoms with Gasteiger partial charge >= 0.3 is 5.97 Å². The SMILES string of the molecule is CC(C)[C@](C)(C#N)NC(=O)COC(=O)c1ccc(OCc2ccccc2)cc1. The number of ether oxygens (including phenoxy) is 2. The monoisotopic (exact) mass is 380 g/mol. The van der Waals surface area contributed by atoms with Crippen LogP contribution in [-0.4, -0.2) is 24.0 Å². The number of nitrogens with one attached hydrogen (secondary N) is 1. The van der Waals surface area contributed by atoms with Gasteiger partial charge in [-0.1, -0.05) is 44.2 Å². The van der Waals surface area contributed by atoms with Gasteiger partial charge in [0.05, 0.1) is 11.6 Å². The molecule has 0 aromatic heterocycles. The lowest BCUT2D eigenvalue weighted by Crippen LogP contribution is -2.50. The van der Waals surface area contributed by atoms with Gasteiger partial charge in [0, 0.05) is 0 Å². The van der Waals surface area contributed by atoms with E-state index in [2.05, 4.69) is 11.4 Å². The summed E-state index contributed by atoms with van der Waals surface area (Å²) in [5.41, 5.74) is 0.343. The number of benzene rings is 2. The standard InChI is InChI=1S/C22H24N2O4/c1-16(2)22(3,15-23)24-20(25)14-28-21(26)18-9-11-19(12-10-18)27-13-17-7-5-4-6-8-17/h4-12,16H,13-14H2,1-3H3,(H,24,25)/t22-/m0/s1. The van der Waals surface area contributed by atoms with E-state index in [4.69, 9.17) is 9.47 Å². The topological polar surface area (TPSA) is 88.4 Å². The highest BCUT2D eigenvalue weighted by atomic mass is 16.5. The fourth-order valence-electron chi connectivity index (χ4n) is 2.27. The van der Waals surface area contributed by atoms with Gasteiger partial charge in [0.2, 0.25) is 0 Å². The van der Waals surface area contributed by atoms with Gasteiger partial charge in [-0.15, -0.1) is 0 Å². The molecule has 28 heavy (non-hydrogen) atoms. The predicted octanol–water partition coefficient (Wildman–Crippen LogP) is 3.48. The summed E-state index contributed by atoms with van der Waals surface area (Å²) in [6, 6.07) is 18.3. The normalized spacial score (nSPS) is 12.5. The summed E-state index contributed by atoms with van der Waals surface area (Å²) in [7, 11) is 0. The zero-order valence-corrected chi connectivity index (χ0v) is 16.3. The van der Waals surface area contributed by atoms with Gasteiger partial charge < -0.3 is 14.8 Å². The third kappa shape index (κ3) is 5.85. The van der Waals surface area contributed by atoms with Crippen molar-refractivity contribution in [2.24, 2.45) is 5.92 Å². The maximum Gasteiger partial charge on any atom is 0.338 e. The van der Waals surface area contributed by atoms with Crippen molar-refractivity contribution in [3.05, 3.63) is 65.7 Å². The van der Waals surface area contributed by atoms with Crippen LogP contribution in [0.4, 0.5) is 0 Å². The van der Waals surface area contributed by atoms with Gasteiger partial charge in [0.25, 0.3) is 5.91 Å². The van der Waals surface area contributed by atoms with E-state index in [-0.39, 0.29) is 5.92 Å². The molecule has 1 N–H and O–H groups in total. The highest BCUT2D eigenvalue weighted by molar-refractivity contribution is 5.91. The molecular formula is C22H24N2O4. The number of hydrogen-bond acceptors (Lipinski definition) is 5. The van der Waals surface area contributed by atoms with Crippen molar-refractivity contribution >= 4 is 11.9 Å². The Morgan fingerprint density at radius 1 is 1.11 bits per heavy atom. The molecule has 0 spiro atoms. The molecule has 6 nitrogen and oxygen atoms in total. The second-order valence-electron chi connectivity index (χ2n) is 6.89. The van der Waals surface area contributed by atoms with Crippen LogP contribution >= 0.6 is 0 Å². The van der Waals surface area contributed by atoms with E-state index in [1.54, 1.807) is 31.2 Å². The van der Waals surface area contributed by atoms with Crippen molar-refractivity contribution in [2.75, 3.05) is 6.61 Å². The quantitative estimate of drug-likeness (QED) is 0.709. The number of esters is 1. The lowest BCUT2D eigenvalue weighted by Gasteiger charge is -2.27. The Bertz CT molecular complexity index is 841. The first-order valence-corrected chi connectivity index (χ1v) is 9.00.